The Balaban J connectivity index is 0.000000156. The van der Waals surface area contributed by atoms with E-state index in [4.69, 9.17) is 29.9 Å². The van der Waals surface area contributed by atoms with Crippen LogP contribution in [0.5, 0.6) is 0 Å². The molecule has 0 N–H and O–H groups in total. The van der Waals surface area contributed by atoms with Crippen LogP contribution in [0.15, 0.2) is 237 Å². The SMILES string of the molecule is CCCCCCCCCCCCc1ccc(-c2nc(-c3ccc(C)cc3)nc(-c3ccc(C)cc3)n2)cc1.Cc1ccc(-c2nc(-c3ccc(C)cc3)nc(-c3c(C)cc(C(C)(C)C)cc3C)n2)cc1.Cc1ccc2c(c1)c1cc(C)ccc1n2-c1cc(-c2ccc(C(C)(C)C)cc2)cc(-c2ccc(C(C)(C)C)cc2)c1. The molecule has 3 heterocycles. The normalized spacial score (nSPS) is 11.7. The van der Waals surface area contributed by atoms with Crippen LogP contribution >= 0.6 is 0 Å². The van der Waals surface area contributed by atoms with Gasteiger partial charge in [-0.05, 0) is 183 Å². The van der Waals surface area contributed by atoms with E-state index in [0.717, 1.165) is 51.5 Å². The fourth-order valence-corrected chi connectivity index (χ4v) is 14.6. The second-order valence-electron chi connectivity index (χ2n) is 34.2. The van der Waals surface area contributed by atoms with Gasteiger partial charge in [-0.1, -0.05) is 355 Å². The average molecular weight is 1460 g/mol. The Morgan fingerprint density at radius 3 is 0.865 bits per heavy atom. The molecule has 0 bridgehead atoms. The van der Waals surface area contributed by atoms with Crippen LogP contribution in [0.3, 0.4) is 0 Å². The van der Waals surface area contributed by atoms with Crippen LogP contribution in [0.1, 0.15) is 200 Å². The predicted octanol–water partition coefficient (Wildman–Crippen LogP) is 28.7. The number of fused-ring (bicyclic) bond motifs is 3. The van der Waals surface area contributed by atoms with Gasteiger partial charge >= 0.3 is 0 Å². The molecule has 14 rings (SSSR count). The first-order valence-electron chi connectivity index (χ1n) is 40.5. The van der Waals surface area contributed by atoms with Gasteiger partial charge in [-0.15, -0.1) is 0 Å². The Bertz CT molecular complexity index is 5180. The zero-order chi connectivity index (χ0) is 78.7. The molecule has 14 aromatic rings. The van der Waals surface area contributed by atoms with E-state index in [1.165, 1.54) is 181 Å². The first kappa shape index (κ1) is 79.8. The summed E-state index contributed by atoms with van der Waals surface area (Å²) in [7, 11) is 0. The van der Waals surface area contributed by atoms with Gasteiger partial charge in [-0.3, -0.25) is 0 Å². The summed E-state index contributed by atoms with van der Waals surface area (Å²) in [6.45, 7) is 39.7. The van der Waals surface area contributed by atoms with Gasteiger partial charge in [0, 0.05) is 49.8 Å². The zero-order valence-corrected chi connectivity index (χ0v) is 69.4. The summed E-state index contributed by atoms with van der Waals surface area (Å²) in [6.07, 6.45) is 14.8. The molecule has 111 heavy (non-hydrogen) atoms. The number of benzene rings is 11. The van der Waals surface area contributed by atoms with Gasteiger partial charge in [-0.25, -0.2) is 29.9 Å². The highest BCUT2D eigenvalue weighted by Gasteiger charge is 2.23. The molecule has 7 heteroatoms. The van der Waals surface area contributed by atoms with E-state index in [9.17, 15) is 0 Å². The number of nitrogens with zero attached hydrogens (tertiary/aromatic N) is 7. The Morgan fingerprint density at radius 1 is 0.252 bits per heavy atom. The van der Waals surface area contributed by atoms with Gasteiger partial charge in [0.15, 0.2) is 34.9 Å². The number of hydrogen-bond donors (Lipinski definition) is 0. The number of aromatic nitrogens is 7. The van der Waals surface area contributed by atoms with Gasteiger partial charge in [-0.2, -0.15) is 0 Å². The van der Waals surface area contributed by atoms with E-state index in [2.05, 4.69) is 366 Å². The summed E-state index contributed by atoms with van der Waals surface area (Å²) < 4.78 is 2.45. The van der Waals surface area contributed by atoms with Crippen LogP contribution in [-0.4, -0.2) is 34.5 Å². The first-order valence-corrected chi connectivity index (χ1v) is 40.5. The number of hydrogen-bond acceptors (Lipinski definition) is 6. The highest BCUT2D eigenvalue weighted by atomic mass is 15.0. The second kappa shape index (κ2) is 35.1. The number of aryl methyl sites for hydroxylation is 9. The number of unbranched alkanes of at least 4 members (excludes halogenated alkanes) is 9. The lowest BCUT2D eigenvalue weighted by atomic mass is 9.83. The number of rotatable bonds is 20. The summed E-state index contributed by atoms with van der Waals surface area (Å²) >= 11 is 0. The van der Waals surface area contributed by atoms with Crippen molar-refractivity contribution in [2.45, 2.75) is 212 Å². The van der Waals surface area contributed by atoms with E-state index >= 15 is 0 Å². The highest BCUT2D eigenvalue weighted by Crippen LogP contribution is 2.40. The monoisotopic (exact) mass is 1460 g/mol. The maximum atomic E-state index is 4.94. The van der Waals surface area contributed by atoms with Gasteiger partial charge in [0.2, 0.25) is 0 Å². The Morgan fingerprint density at radius 2 is 0.541 bits per heavy atom. The lowest BCUT2D eigenvalue weighted by Crippen LogP contribution is -2.12. The van der Waals surface area contributed by atoms with Crippen LogP contribution in [0.4, 0.5) is 0 Å². The summed E-state index contributed by atoms with van der Waals surface area (Å²) in [5.41, 5.74) is 30.3. The fourth-order valence-electron chi connectivity index (χ4n) is 14.6. The van der Waals surface area contributed by atoms with Crippen LogP contribution < -0.4 is 0 Å². The molecule has 0 atom stereocenters. The van der Waals surface area contributed by atoms with Crippen molar-refractivity contribution in [3.05, 3.63) is 303 Å². The minimum Gasteiger partial charge on any atom is -0.309 e. The van der Waals surface area contributed by atoms with Crippen molar-refractivity contribution in [1.82, 2.24) is 34.5 Å². The fraction of sp³-hybridized carbons (Fsp3) is 0.308. The summed E-state index contributed by atoms with van der Waals surface area (Å²) in [5, 5.41) is 2.61. The molecule has 0 amide bonds. The van der Waals surface area contributed by atoms with Gasteiger partial charge in [0.05, 0.1) is 11.0 Å². The molecule has 566 valence electrons. The molecule has 0 saturated heterocycles. The second-order valence-corrected chi connectivity index (χ2v) is 34.2. The van der Waals surface area contributed by atoms with Gasteiger partial charge in [0.1, 0.15) is 0 Å². The van der Waals surface area contributed by atoms with Gasteiger partial charge in [0.25, 0.3) is 0 Å². The smallest absolute Gasteiger partial charge is 0.164 e. The van der Waals surface area contributed by atoms with E-state index in [0.29, 0.717) is 23.3 Å². The largest absolute Gasteiger partial charge is 0.309 e. The van der Waals surface area contributed by atoms with Gasteiger partial charge < -0.3 is 4.57 Å². The molecule has 0 saturated carbocycles. The summed E-state index contributed by atoms with van der Waals surface area (Å²) in [6, 6.07) is 85.8. The molecular formula is C104H115N7. The topological polar surface area (TPSA) is 82.3 Å². The van der Waals surface area contributed by atoms with Crippen molar-refractivity contribution < 1.29 is 0 Å². The zero-order valence-electron chi connectivity index (χ0n) is 69.4. The molecule has 11 aromatic carbocycles. The Kier molecular flexibility index (Phi) is 25.2. The molecule has 0 aliphatic rings. The van der Waals surface area contributed by atoms with Crippen LogP contribution in [0.2, 0.25) is 0 Å². The predicted molar refractivity (Wildman–Crippen MR) is 473 cm³/mol. The molecule has 0 spiro atoms. The standard InChI is InChI=1S/C40H41N.C35H43N3.C29H31N3/c1-26-9-19-37-35(21-26)36-22-27(2)10-20-38(36)41(37)34-24-30(28-11-15-32(16-12-28)39(3,4)5)23-31(25-34)29-13-17-33(18-14-29)40(6,7)8;1-4-5-6-7-8-9-10-11-12-13-14-29-19-25-32(26-20-29)35-37-33(30-21-15-27(2)16-22-30)36-34(38-35)31-23-17-28(3)18-24-31;1-18-8-12-22(13-9-18)26-30-27(23-14-10-19(2)11-15-23)32-28(31-26)25-20(3)16-24(17-21(25)4)29(5,6)7/h9-25H,1-8H3;15-26H,4-14H2,1-3H3;8-17H,1-7H3. The van der Waals surface area contributed by atoms with Crippen molar-refractivity contribution in [3.8, 4) is 96.3 Å². The molecule has 0 aliphatic carbocycles. The average Bonchev–Trinajstić information content (AvgIpc) is 1.60. The van der Waals surface area contributed by atoms with Crippen molar-refractivity contribution in [1.29, 1.82) is 0 Å². The molecule has 0 radical (unpaired) electrons. The lowest BCUT2D eigenvalue weighted by molar-refractivity contribution is 0.556. The Labute approximate surface area is 663 Å². The lowest BCUT2D eigenvalue weighted by Gasteiger charge is -2.22. The third-order valence-corrected chi connectivity index (χ3v) is 21.6. The summed E-state index contributed by atoms with van der Waals surface area (Å²) in [5.74, 6) is 4.26. The molecular weight excluding hydrogens is 1350 g/mol. The van der Waals surface area contributed by atoms with Crippen molar-refractivity contribution >= 4 is 21.8 Å². The van der Waals surface area contributed by atoms with Crippen LogP contribution in [-0.2, 0) is 22.7 Å². The van der Waals surface area contributed by atoms with Crippen molar-refractivity contribution in [3.63, 3.8) is 0 Å². The van der Waals surface area contributed by atoms with Crippen LogP contribution in [0.25, 0.3) is 118 Å². The maximum Gasteiger partial charge on any atom is 0.164 e. The molecule has 0 aliphatic heterocycles. The highest BCUT2D eigenvalue weighted by molar-refractivity contribution is 6.10. The van der Waals surface area contributed by atoms with Crippen molar-refractivity contribution in [2.75, 3.05) is 0 Å². The van der Waals surface area contributed by atoms with Crippen molar-refractivity contribution in [2.24, 2.45) is 0 Å². The minimum absolute atomic E-state index is 0.0905. The molecule has 0 fully saturated rings. The third kappa shape index (κ3) is 20.3. The first-order chi connectivity index (χ1) is 53.1. The maximum absolute atomic E-state index is 4.94. The quantitative estimate of drug-likeness (QED) is 0.0707. The Hall–Kier alpha value is -10.8. The van der Waals surface area contributed by atoms with Crippen LogP contribution in [0, 0.1) is 55.4 Å². The van der Waals surface area contributed by atoms with E-state index < -0.39 is 0 Å². The summed E-state index contributed by atoms with van der Waals surface area (Å²) in [4.78, 5) is 29.3. The minimum atomic E-state index is 0.0905. The third-order valence-electron chi connectivity index (χ3n) is 21.6. The molecule has 7 nitrogen and oxygen atoms in total. The van der Waals surface area contributed by atoms with E-state index in [1.807, 2.05) is 0 Å². The van der Waals surface area contributed by atoms with E-state index in [1.54, 1.807) is 0 Å². The molecule has 3 aromatic heterocycles. The van der Waals surface area contributed by atoms with E-state index in [-0.39, 0.29) is 16.2 Å². The molecule has 0 unspecified atom stereocenters.